The van der Waals surface area contributed by atoms with Crippen LogP contribution in [0.4, 0.5) is 0 Å². The van der Waals surface area contributed by atoms with E-state index in [-0.39, 0.29) is 32.2 Å². The first-order valence-electron chi connectivity index (χ1n) is 35.8. The van der Waals surface area contributed by atoms with Crippen molar-refractivity contribution in [3.8, 4) is 0 Å². The number of carboxylic acids is 1. The number of likely N-dealkylation sites (N-methyl/N-ethyl adjacent to an activating group) is 1. The van der Waals surface area contributed by atoms with Crippen LogP contribution in [0, 0.1) is 0 Å². The summed E-state index contributed by atoms with van der Waals surface area (Å²) in [4.78, 5) is 37.4. The largest absolute Gasteiger partial charge is 0.545 e. The molecule has 486 valence electrons. The Labute approximate surface area is 514 Å². The predicted molar refractivity (Wildman–Crippen MR) is 352 cm³/mol. The third-order valence-electron chi connectivity index (χ3n) is 16.1. The van der Waals surface area contributed by atoms with Gasteiger partial charge in [-0.1, -0.05) is 332 Å². The van der Waals surface area contributed by atoms with Crippen molar-refractivity contribution in [2.24, 2.45) is 0 Å². The fourth-order valence-electron chi connectivity index (χ4n) is 10.7. The van der Waals surface area contributed by atoms with Crippen LogP contribution in [-0.4, -0.2) is 82.3 Å². The van der Waals surface area contributed by atoms with Gasteiger partial charge in [0.05, 0.1) is 40.3 Å². The van der Waals surface area contributed by atoms with E-state index in [9.17, 15) is 19.5 Å². The number of carbonyl (C=O) groups is 3. The molecule has 9 nitrogen and oxygen atoms in total. The molecule has 0 spiro atoms. The van der Waals surface area contributed by atoms with Gasteiger partial charge in [0.1, 0.15) is 13.2 Å². The highest BCUT2D eigenvalue weighted by molar-refractivity contribution is 5.70. The van der Waals surface area contributed by atoms with Gasteiger partial charge in [-0.2, -0.15) is 0 Å². The van der Waals surface area contributed by atoms with Gasteiger partial charge in [0, 0.05) is 12.8 Å². The molecule has 0 aromatic rings. The number of rotatable bonds is 67. The smallest absolute Gasteiger partial charge is 0.306 e. The van der Waals surface area contributed by atoms with Crippen molar-refractivity contribution in [1.29, 1.82) is 0 Å². The molecule has 0 aliphatic carbocycles. The number of hydrogen-bond donors (Lipinski definition) is 0. The normalized spacial score (nSPS) is 12.9. The zero-order valence-corrected chi connectivity index (χ0v) is 55.6. The summed E-state index contributed by atoms with van der Waals surface area (Å²) in [6.07, 6.45) is 80.7. The number of nitrogens with zero attached hydrogens (tertiary/aromatic N) is 1. The molecule has 0 rings (SSSR count). The van der Waals surface area contributed by atoms with Crippen LogP contribution < -0.4 is 5.11 Å². The highest BCUT2D eigenvalue weighted by Crippen LogP contribution is 2.19. The molecule has 0 radical (unpaired) electrons. The Morgan fingerprint density at radius 2 is 0.687 bits per heavy atom. The van der Waals surface area contributed by atoms with Crippen LogP contribution in [-0.2, 0) is 33.3 Å². The molecule has 0 fully saturated rings. The first kappa shape index (κ1) is 80.2. The number of aliphatic carboxylic acids is 1. The molecule has 0 saturated heterocycles. The Balaban J connectivity index is 3.95. The average Bonchev–Trinajstić information content (AvgIpc) is 3.46. The number of quaternary nitrogens is 1. The maximum absolute atomic E-state index is 12.9. The maximum Gasteiger partial charge on any atom is 0.306 e. The zero-order valence-electron chi connectivity index (χ0n) is 55.6. The lowest BCUT2D eigenvalue weighted by Crippen LogP contribution is -2.44. The summed E-state index contributed by atoms with van der Waals surface area (Å²) < 4.78 is 22.8. The van der Waals surface area contributed by atoms with Crippen molar-refractivity contribution in [2.45, 2.75) is 360 Å². The van der Waals surface area contributed by atoms with Gasteiger partial charge in [-0.05, 0) is 51.4 Å². The molecule has 0 amide bonds. The summed E-state index contributed by atoms with van der Waals surface area (Å²) in [6.45, 7) is 4.70. The number of hydrogen-bond acceptors (Lipinski definition) is 8. The molecule has 2 unspecified atom stereocenters. The van der Waals surface area contributed by atoms with Gasteiger partial charge in [0.15, 0.2) is 12.4 Å². The minimum atomic E-state index is -1.62. The van der Waals surface area contributed by atoms with Crippen LogP contribution in [0.15, 0.2) is 48.6 Å². The molecular weight excluding hydrogens is 1030 g/mol. The van der Waals surface area contributed by atoms with Gasteiger partial charge in [-0.25, -0.2) is 0 Å². The van der Waals surface area contributed by atoms with Crippen LogP contribution in [0.2, 0.25) is 0 Å². The number of allylic oxidation sites excluding steroid dienone is 8. The van der Waals surface area contributed by atoms with Crippen molar-refractivity contribution < 1.29 is 42.9 Å². The Kier molecular flexibility index (Phi) is 63.1. The molecule has 0 N–H and O–H groups in total. The SMILES string of the molecule is CC/C=C\C/C=C\C/C=C\C/C=C\CCCCCCCCCCCCCCCCCCCCCCCCCCCCC(=O)OC(COC(=O)CCCCCCCCCCCCCCCCCCCCC)COC(OCC[N+](C)(C)C)C(=O)[O-]. The molecule has 0 bridgehead atoms. The summed E-state index contributed by atoms with van der Waals surface area (Å²) in [7, 11) is 5.94. The molecule has 9 heteroatoms. The Hall–Kier alpha value is -2.75. The molecule has 0 aliphatic rings. The van der Waals surface area contributed by atoms with Crippen molar-refractivity contribution in [2.75, 3.05) is 47.5 Å². The monoisotopic (exact) mass is 1170 g/mol. The van der Waals surface area contributed by atoms with Gasteiger partial charge in [-0.3, -0.25) is 9.59 Å². The Bertz CT molecular complexity index is 1500. The quantitative estimate of drug-likeness (QED) is 0.0195. The predicted octanol–water partition coefficient (Wildman–Crippen LogP) is 20.8. The van der Waals surface area contributed by atoms with E-state index in [1.165, 1.54) is 257 Å². The summed E-state index contributed by atoms with van der Waals surface area (Å²) in [5.74, 6) is -2.25. The van der Waals surface area contributed by atoms with Crippen LogP contribution in [0.25, 0.3) is 0 Å². The highest BCUT2D eigenvalue weighted by Gasteiger charge is 2.22. The molecule has 0 aromatic heterocycles. The first-order valence-corrected chi connectivity index (χ1v) is 35.8. The van der Waals surface area contributed by atoms with E-state index in [0.29, 0.717) is 17.4 Å². The van der Waals surface area contributed by atoms with E-state index < -0.39 is 24.3 Å². The fourth-order valence-corrected chi connectivity index (χ4v) is 10.7. The first-order chi connectivity index (χ1) is 40.6. The van der Waals surface area contributed by atoms with Crippen LogP contribution in [0.1, 0.15) is 348 Å². The standard InChI is InChI=1S/C74H137NO8/c1-6-8-10-12-14-16-18-20-22-24-26-27-28-29-30-31-32-33-34-35-36-37-38-39-40-41-42-43-44-45-47-49-51-53-55-57-59-61-63-65-72(77)83-70(69-82-74(73(78)79)80-67-66-75(3,4)5)68-81-71(76)64-62-60-58-56-54-52-50-48-46-25-23-21-19-17-15-13-11-9-7-2/h8,10,14,16,20,22,26-27,70,74H,6-7,9,11-13,15,17-19,21,23-25,28-69H2,1-5H3/b10-8-,16-14-,22-20-,27-26-. The van der Waals surface area contributed by atoms with E-state index >= 15 is 0 Å². The van der Waals surface area contributed by atoms with Crippen molar-refractivity contribution in [3.63, 3.8) is 0 Å². The summed E-state index contributed by atoms with van der Waals surface area (Å²) >= 11 is 0. The minimum Gasteiger partial charge on any atom is -0.545 e. The number of ether oxygens (including phenoxy) is 4. The molecule has 0 aliphatic heterocycles. The minimum absolute atomic E-state index is 0.151. The fraction of sp³-hybridized carbons (Fsp3) is 0.851. The van der Waals surface area contributed by atoms with E-state index in [1.807, 2.05) is 21.1 Å². The molecule has 0 heterocycles. The lowest BCUT2D eigenvalue weighted by Gasteiger charge is -2.26. The van der Waals surface area contributed by atoms with Crippen LogP contribution in [0.3, 0.4) is 0 Å². The second-order valence-corrected chi connectivity index (χ2v) is 25.5. The van der Waals surface area contributed by atoms with Crippen molar-refractivity contribution in [1.82, 2.24) is 0 Å². The average molecular weight is 1170 g/mol. The maximum atomic E-state index is 12.9. The van der Waals surface area contributed by atoms with E-state index in [1.54, 1.807) is 0 Å². The van der Waals surface area contributed by atoms with Gasteiger partial charge in [0.2, 0.25) is 0 Å². The van der Waals surface area contributed by atoms with Gasteiger partial charge < -0.3 is 33.3 Å². The van der Waals surface area contributed by atoms with Crippen molar-refractivity contribution >= 4 is 17.9 Å². The summed E-state index contributed by atoms with van der Waals surface area (Å²) in [6, 6.07) is 0. The van der Waals surface area contributed by atoms with Gasteiger partial charge in [-0.15, -0.1) is 0 Å². The van der Waals surface area contributed by atoms with Crippen LogP contribution >= 0.6 is 0 Å². The number of carboxylic acid groups (broad SMARTS) is 1. The lowest BCUT2D eigenvalue weighted by atomic mass is 10.0. The highest BCUT2D eigenvalue weighted by atomic mass is 16.7. The second-order valence-electron chi connectivity index (χ2n) is 25.5. The number of esters is 2. The molecule has 83 heavy (non-hydrogen) atoms. The molecule has 0 saturated carbocycles. The number of carbonyl (C=O) groups excluding carboxylic acids is 3. The van der Waals surface area contributed by atoms with E-state index in [0.717, 1.165) is 64.2 Å². The topological polar surface area (TPSA) is 111 Å². The lowest BCUT2D eigenvalue weighted by molar-refractivity contribution is -0.870. The molecule has 0 aromatic carbocycles. The zero-order chi connectivity index (χ0) is 60.5. The van der Waals surface area contributed by atoms with E-state index in [4.69, 9.17) is 18.9 Å². The van der Waals surface area contributed by atoms with E-state index in [2.05, 4.69) is 62.5 Å². The third-order valence-corrected chi connectivity index (χ3v) is 16.1. The number of unbranched alkanes of at least 4 members (excludes halogenated alkanes) is 44. The Morgan fingerprint density at radius 1 is 0.373 bits per heavy atom. The Morgan fingerprint density at radius 3 is 1.02 bits per heavy atom. The van der Waals surface area contributed by atoms with Gasteiger partial charge in [0.25, 0.3) is 0 Å². The van der Waals surface area contributed by atoms with Crippen molar-refractivity contribution in [3.05, 3.63) is 48.6 Å². The molecule has 2 atom stereocenters. The van der Waals surface area contributed by atoms with Gasteiger partial charge >= 0.3 is 11.9 Å². The summed E-state index contributed by atoms with van der Waals surface area (Å²) in [5.41, 5.74) is 0. The molecular formula is C74H137NO8. The third kappa shape index (κ3) is 66.6. The summed E-state index contributed by atoms with van der Waals surface area (Å²) in [5, 5.41) is 11.8. The second kappa shape index (κ2) is 65.2. The van der Waals surface area contributed by atoms with Crippen LogP contribution in [0.5, 0.6) is 0 Å².